The standard InChI is InChI=1S/C18H21NO2/c1-2-17(20)14-7-9-16(10-8-14)19-11-12-21-18-6-4-3-5-15(18)13-19/h3-10,17,20H,2,11-13H2,1H3/t17-/m0/s1. The Bertz CT molecular complexity index is 594. The van der Waals surface area contributed by atoms with Crippen molar-refractivity contribution in [3.05, 3.63) is 59.7 Å². The van der Waals surface area contributed by atoms with E-state index in [9.17, 15) is 5.11 Å². The maximum Gasteiger partial charge on any atom is 0.124 e. The highest BCUT2D eigenvalue weighted by Crippen LogP contribution is 2.27. The summed E-state index contributed by atoms with van der Waals surface area (Å²) in [5.74, 6) is 0.984. The van der Waals surface area contributed by atoms with Crippen LogP contribution in [0.4, 0.5) is 5.69 Å². The van der Waals surface area contributed by atoms with Gasteiger partial charge in [0.15, 0.2) is 0 Å². The highest BCUT2D eigenvalue weighted by atomic mass is 16.5. The Hall–Kier alpha value is -2.00. The molecule has 1 heterocycles. The average molecular weight is 283 g/mol. The van der Waals surface area contributed by atoms with Crippen LogP contribution in [0.15, 0.2) is 48.5 Å². The third-order valence-electron chi connectivity index (χ3n) is 3.98. The first-order valence-electron chi connectivity index (χ1n) is 7.51. The average Bonchev–Trinajstić information content (AvgIpc) is 2.76. The predicted octanol–water partition coefficient (Wildman–Crippen LogP) is 3.53. The topological polar surface area (TPSA) is 32.7 Å². The molecule has 0 saturated heterocycles. The van der Waals surface area contributed by atoms with Gasteiger partial charge in [-0.15, -0.1) is 0 Å². The summed E-state index contributed by atoms with van der Waals surface area (Å²) in [6.45, 7) is 4.40. The second kappa shape index (κ2) is 6.19. The summed E-state index contributed by atoms with van der Waals surface area (Å²) in [4.78, 5) is 2.31. The molecule has 0 radical (unpaired) electrons. The fourth-order valence-electron chi connectivity index (χ4n) is 2.69. The van der Waals surface area contributed by atoms with E-state index < -0.39 is 0 Å². The van der Waals surface area contributed by atoms with Crippen molar-refractivity contribution in [3.63, 3.8) is 0 Å². The van der Waals surface area contributed by atoms with Gasteiger partial charge in [0.25, 0.3) is 0 Å². The fraction of sp³-hybridized carbons (Fsp3) is 0.333. The van der Waals surface area contributed by atoms with Gasteiger partial charge in [-0.25, -0.2) is 0 Å². The summed E-state index contributed by atoms with van der Waals surface area (Å²) in [7, 11) is 0. The van der Waals surface area contributed by atoms with Crippen molar-refractivity contribution in [1.29, 1.82) is 0 Å². The number of aliphatic hydroxyl groups is 1. The second-order valence-electron chi connectivity index (χ2n) is 5.39. The van der Waals surface area contributed by atoms with Crippen molar-refractivity contribution >= 4 is 5.69 Å². The highest BCUT2D eigenvalue weighted by molar-refractivity contribution is 5.50. The van der Waals surface area contributed by atoms with Crippen LogP contribution in [0, 0.1) is 0 Å². The third-order valence-corrected chi connectivity index (χ3v) is 3.98. The van der Waals surface area contributed by atoms with Gasteiger partial charge in [0, 0.05) is 17.8 Å². The Kier molecular flexibility index (Phi) is 4.11. The van der Waals surface area contributed by atoms with E-state index in [0.717, 1.165) is 30.8 Å². The first kappa shape index (κ1) is 14.0. The van der Waals surface area contributed by atoms with E-state index in [1.807, 2.05) is 37.3 Å². The quantitative estimate of drug-likeness (QED) is 0.935. The van der Waals surface area contributed by atoms with E-state index >= 15 is 0 Å². The lowest BCUT2D eigenvalue weighted by Gasteiger charge is -2.22. The van der Waals surface area contributed by atoms with E-state index in [1.54, 1.807) is 0 Å². The lowest BCUT2D eigenvalue weighted by Crippen LogP contribution is -2.25. The fourth-order valence-corrected chi connectivity index (χ4v) is 2.69. The van der Waals surface area contributed by atoms with Crippen LogP contribution in [-0.2, 0) is 6.54 Å². The molecule has 1 aliphatic heterocycles. The summed E-state index contributed by atoms with van der Waals surface area (Å²) < 4.78 is 5.80. The molecule has 1 aliphatic rings. The molecule has 0 fully saturated rings. The molecule has 0 aromatic heterocycles. The number of nitrogens with zero attached hydrogens (tertiary/aromatic N) is 1. The number of benzene rings is 2. The maximum absolute atomic E-state index is 9.87. The molecule has 0 bridgehead atoms. The minimum Gasteiger partial charge on any atom is -0.491 e. The summed E-state index contributed by atoms with van der Waals surface area (Å²) in [6.07, 6.45) is 0.372. The van der Waals surface area contributed by atoms with E-state index in [-0.39, 0.29) is 6.10 Å². The normalized spacial score (nSPS) is 15.8. The van der Waals surface area contributed by atoms with Gasteiger partial charge >= 0.3 is 0 Å². The molecule has 1 atom stereocenters. The lowest BCUT2D eigenvalue weighted by molar-refractivity contribution is 0.173. The molecular weight excluding hydrogens is 262 g/mol. The molecule has 3 heteroatoms. The molecule has 3 nitrogen and oxygen atoms in total. The van der Waals surface area contributed by atoms with Crippen LogP contribution < -0.4 is 9.64 Å². The lowest BCUT2D eigenvalue weighted by atomic mass is 10.1. The van der Waals surface area contributed by atoms with Crippen molar-refractivity contribution in [2.45, 2.75) is 26.0 Å². The minimum atomic E-state index is -0.368. The highest BCUT2D eigenvalue weighted by Gasteiger charge is 2.15. The molecule has 3 rings (SSSR count). The zero-order chi connectivity index (χ0) is 14.7. The number of aliphatic hydroxyl groups excluding tert-OH is 1. The number of para-hydroxylation sites is 1. The Morgan fingerprint density at radius 2 is 1.90 bits per heavy atom. The number of hydrogen-bond acceptors (Lipinski definition) is 3. The predicted molar refractivity (Wildman–Crippen MR) is 84.7 cm³/mol. The molecule has 2 aromatic rings. The zero-order valence-electron chi connectivity index (χ0n) is 12.3. The van der Waals surface area contributed by atoms with Gasteiger partial charge in [-0.05, 0) is 30.2 Å². The molecule has 2 aromatic carbocycles. The molecular formula is C18H21NO2. The maximum atomic E-state index is 9.87. The Morgan fingerprint density at radius 1 is 1.14 bits per heavy atom. The molecule has 110 valence electrons. The van der Waals surface area contributed by atoms with Crippen LogP contribution in [0.5, 0.6) is 5.75 Å². The van der Waals surface area contributed by atoms with Crippen LogP contribution in [0.25, 0.3) is 0 Å². The summed E-state index contributed by atoms with van der Waals surface area (Å²) >= 11 is 0. The smallest absolute Gasteiger partial charge is 0.124 e. The minimum absolute atomic E-state index is 0.368. The van der Waals surface area contributed by atoms with Crippen LogP contribution in [-0.4, -0.2) is 18.3 Å². The number of anilines is 1. The first-order chi connectivity index (χ1) is 10.3. The van der Waals surface area contributed by atoms with Gasteiger partial charge in [-0.1, -0.05) is 37.3 Å². The van der Waals surface area contributed by atoms with E-state index in [1.165, 1.54) is 11.3 Å². The van der Waals surface area contributed by atoms with E-state index in [2.05, 4.69) is 23.1 Å². The summed E-state index contributed by atoms with van der Waals surface area (Å²) in [6, 6.07) is 16.4. The number of rotatable bonds is 3. The van der Waals surface area contributed by atoms with Crippen molar-refractivity contribution in [2.75, 3.05) is 18.1 Å². The van der Waals surface area contributed by atoms with Gasteiger partial charge in [0.2, 0.25) is 0 Å². The molecule has 0 spiro atoms. The van der Waals surface area contributed by atoms with Crippen LogP contribution in [0.1, 0.15) is 30.6 Å². The summed E-state index contributed by atoms with van der Waals surface area (Å²) in [5, 5.41) is 9.87. The Balaban J connectivity index is 1.81. The third kappa shape index (κ3) is 3.03. The molecule has 0 aliphatic carbocycles. The van der Waals surface area contributed by atoms with Gasteiger partial charge < -0.3 is 14.7 Å². The van der Waals surface area contributed by atoms with Gasteiger partial charge in [0.05, 0.1) is 12.6 Å². The van der Waals surface area contributed by atoms with E-state index in [4.69, 9.17) is 4.74 Å². The number of hydrogen-bond donors (Lipinski definition) is 1. The Labute approximate surface area is 125 Å². The first-order valence-corrected chi connectivity index (χ1v) is 7.51. The van der Waals surface area contributed by atoms with Crippen LogP contribution in [0.2, 0.25) is 0 Å². The van der Waals surface area contributed by atoms with Crippen molar-refractivity contribution < 1.29 is 9.84 Å². The van der Waals surface area contributed by atoms with Gasteiger partial charge in [-0.3, -0.25) is 0 Å². The van der Waals surface area contributed by atoms with Gasteiger partial charge in [-0.2, -0.15) is 0 Å². The van der Waals surface area contributed by atoms with Crippen molar-refractivity contribution in [1.82, 2.24) is 0 Å². The molecule has 1 N–H and O–H groups in total. The second-order valence-corrected chi connectivity index (χ2v) is 5.39. The monoisotopic (exact) mass is 283 g/mol. The molecule has 0 saturated carbocycles. The summed E-state index contributed by atoms with van der Waals surface area (Å²) in [5.41, 5.74) is 3.36. The Morgan fingerprint density at radius 3 is 2.67 bits per heavy atom. The molecule has 0 amide bonds. The largest absolute Gasteiger partial charge is 0.491 e. The number of ether oxygens (including phenoxy) is 1. The molecule has 21 heavy (non-hydrogen) atoms. The zero-order valence-corrected chi connectivity index (χ0v) is 12.3. The van der Waals surface area contributed by atoms with E-state index in [0.29, 0.717) is 6.61 Å². The van der Waals surface area contributed by atoms with Crippen LogP contribution >= 0.6 is 0 Å². The SMILES string of the molecule is CC[C@H](O)c1ccc(N2CCOc3ccccc3C2)cc1. The van der Waals surface area contributed by atoms with Crippen molar-refractivity contribution in [2.24, 2.45) is 0 Å². The van der Waals surface area contributed by atoms with Crippen molar-refractivity contribution in [3.8, 4) is 5.75 Å². The number of fused-ring (bicyclic) bond motifs is 1. The van der Waals surface area contributed by atoms with Crippen LogP contribution in [0.3, 0.4) is 0 Å². The molecule has 0 unspecified atom stereocenters. The van der Waals surface area contributed by atoms with Gasteiger partial charge in [0.1, 0.15) is 12.4 Å².